The second-order valence-electron chi connectivity index (χ2n) is 9.68. The van der Waals surface area contributed by atoms with Crippen LogP contribution in [0.2, 0.25) is 5.02 Å². The van der Waals surface area contributed by atoms with E-state index in [0.717, 1.165) is 46.3 Å². The Hall–Kier alpha value is -3.75. The monoisotopic (exact) mass is 559 g/mol. The summed E-state index contributed by atoms with van der Waals surface area (Å²) in [5.41, 5.74) is 6.48. The summed E-state index contributed by atoms with van der Waals surface area (Å²) in [7, 11) is 0. The van der Waals surface area contributed by atoms with Crippen molar-refractivity contribution in [2.24, 2.45) is 4.99 Å². The molecule has 1 atom stereocenters. The van der Waals surface area contributed by atoms with Crippen molar-refractivity contribution in [2.75, 3.05) is 28.2 Å². The molecule has 3 amide bonds. The molecule has 1 fully saturated rings. The van der Waals surface area contributed by atoms with Crippen molar-refractivity contribution >= 4 is 57.5 Å². The molecule has 0 saturated carbocycles. The summed E-state index contributed by atoms with van der Waals surface area (Å²) in [5, 5.41) is 10.2. The molecule has 200 valence electrons. The molecule has 0 aromatic heterocycles. The minimum Gasteiger partial charge on any atom is -0.340 e. The molecule has 2 aliphatic rings. The van der Waals surface area contributed by atoms with E-state index in [1.54, 1.807) is 36.0 Å². The van der Waals surface area contributed by atoms with Gasteiger partial charge in [0.15, 0.2) is 5.17 Å². The Labute approximate surface area is 237 Å². The number of amides is 3. The second-order valence-corrected chi connectivity index (χ2v) is 11.2. The number of hydrogen-bond acceptors (Lipinski definition) is 5. The number of halogens is 1. The zero-order chi connectivity index (χ0) is 27.5. The fraction of sp³-hybridized carbons (Fsp3) is 0.233. The number of carbonyl (C=O) groups excluding carboxylic acids is 2. The first-order valence-electron chi connectivity index (χ1n) is 12.8. The summed E-state index contributed by atoms with van der Waals surface area (Å²) in [4.78, 5) is 33.3. The van der Waals surface area contributed by atoms with Gasteiger partial charge in [-0.2, -0.15) is 0 Å². The smallest absolute Gasteiger partial charge is 0.323 e. The average molecular weight is 560 g/mol. The van der Waals surface area contributed by atoms with Crippen LogP contribution >= 0.6 is 23.4 Å². The summed E-state index contributed by atoms with van der Waals surface area (Å²) in [6.45, 7) is 6.74. The number of carbonyl (C=O) groups is 2. The van der Waals surface area contributed by atoms with E-state index in [4.69, 9.17) is 16.6 Å². The number of amidine groups is 1. The van der Waals surface area contributed by atoms with Crippen LogP contribution in [-0.2, 0) is 4.79 Å². The molecule has 9 heteroatoms. The Morgan fingerprint density at radius 3 is 2.46 bits per heavy atom. The van der Waals surface area contributed by atoms with Crippen molar-refractivity contribution in [1.82, 2.24) is 4.90 Å². The molecular weight excluding hydrogens is 530 g/mol. The van der Waals surface area contributed by atoms with Crippen LogP contribution < -0.4 is 16.0 Å². The van der Waals surface area contributed by atoms with E-state index in [1.807, 2.05) is 57.2 Å². The SMILES string of the molecule is CC1=C(C(=O)Nc2ccc(C)cc2C)C(c2ccc(NC(=O)Nc3cccc(Cl)c3)cc2)N2CCCSC2=N1. The number of aryl methyl sites for hydroxylation is 2. The lowest BCUT2D eigenvalue weighted by Crippen LogP contribution is -2.43. The number of rotatable bonds is 5. The first-order chi connectivity index (χ1) is 18.8. The molecule has 39 heavy (non-hydrogen) atoms. The van der Waals surface area contributed by atoms with Gasteiger partial charge in [0, 0.05) is 34.4 Å². The maximum atomic E-state index is 13.7. The van der Waals surface area contributed by atoms with Crippen LogP contribution in [0.25, 0.3) is 0 Å². The second kappa shape index (κ2) is 11.6. The first-order valence-corrected chi connectivity index (χ1v) is 14.2. The maximum Gasteiger partial charge on any atom is 0.323 e. The van der Waals surface area contributed by atoms with Gasteiger partial charge < -0.3 is 20.9 Å². The number of allylic oxidation sites excluding steroid dienone is 1. The van der Waals surface area contributed by atoms with Crippen LogP contribution in [0.15, 0.2) is 83.0 Å². The third-order valence-electron chi connectivity index (χ3n) is 6.70. The van der Waals surface area contributed by atoms with E-state index in [0.29, 0.717) is 27.7 Å². The number of hydrogen-bond donors (Lipinski definition) is 3. The lowest BCUT2D eigenvalue weighted by atomic mass is 9.93. The van der Waals surface area contributed by atoms with Gasteiger partial charge in [0.1, 0.15) is 0 Å². The van der Waals surface area contributed by atoms with Crippen molar-refractivity contribution in [3.05, 3.63) is 99.7 Å². The third-order valence-corrected chi connectivity index (χ3v) is 8.01. The van der Waals surface area contributed by atoms with E-state index in [-0.39, 0.29) is 18.0 Å². The Bertz CT molecular complexity index is 1480. The van der Waals surface area contributed by atoms with Gasteiger partial charge in [-0.25, -0.2) is 9.79 Å². The molecule has 0 bridgehead atoms. The zero-order valence-corrected chi connectivity index (χ0v) is 23.6. The van der Waals surface area contributed by atoms with Crippen LogP contribution in [0.3, 0.4) is 0 Å². The molecule has 7 nitrogen and oxygen atoms in total. The summed E-state index contributed by atoms with van der Waals surface area (Å²) in [5.74, 6) is 0.843. The molecule has 1 unspecified atom stereocenters. The van der Waals surface area contributed by atoms with Crippen molar-refractivity contribution in [2.45, 2.75) is 33.2 Å². The van der Waals surface area contributed by atoms with Gasteiger partial charge in [-0.1, -0.05) is 59.3 Å². The highest BCUT2D eigenvalue weighted by Crippen LogP contribution is 2.40. The van der Waals surface area contributed by atoms with Crippen molar-refractivity contribution in [3.63, 3.8) is 0 Å². The molecule has 3 N–H and O–H groups in total. The number of nitrogens with one attached hydrogen (secondary N) is 3. The quantitative estimate of drug-likeness (QED) is 0.305. The van der Waals surface area contributed by atoms with E-state index in [1.165, 1.54) is 0 Å². The number of benzene rings is 3. The van der Waals surface area contributed by atoms with Gasteiger partial charge >= 0.3 is 6.03 Å². The van der Waals surface area contributed by atoms with Gasteiger partial charge in [0.25, 0.3) is 5.91 Å². The Balaban J connectivity index is 1.39. The number of urea groups is 1. The minimum atomic E-state index is -0.367. The Morgan fingerprint density at radius 2 is 1.72 bits per heavy atom. The third kappa shape index (κ3) is 6.13. The fourth-order valence-electron chi connectivity index (χ4n) is 4.86. The van der Waals surface area contributed by atoms with Gasteiger partial charge in [0.05, 0.1) is 17.3 Å². The summed E-state index contributed by atoms with van der Waals surface area (Å²) in [6.07, 6.45) is 1.01. The summed E-state index contributed by atoms with van der Waals surface area (Å²) < 4.78 is 0. The number of nitrogens with zero attached hydrogens (tertiary/aromatic N) is 2. The van der Waals surface area contributed by atoms with Gasteiger partial charge in [-0.15, -0.1) is 0 Å². The highest BCUT2D eigenvalue weighted by molar-refractivity contribution is 8.13. The highest BCUT2D eigenvalue weighted by Gasteiger charge is 2.37. The zero-order valence-electron chi connectivity index (χ0n) is 22.0. The number of aliphatic imine (C=N–C) groups is 1. The summed E-state index contributed by atoms with van der Waals surface area (Å²) in [6, 6.07) is 19.9. The van der Waals surface area contributed by atoms with E-state index in [2.05, 4.69) is 26.9 Å². The van der Waals surface area contributed by atoms with Crippen molar-refractivity contribution in [3.8, 4) is 0 Å². The van der Waals surface area contributed by atoms with Crippen LogP contribution in [-0.4, -0.2) is 34.3 Å². The molecule has 3 aromatic rings. The highest BCUT2D eigenvalue weighted by atomic mass is 35.5. The number of anilines is 3. The molecule has 5 rings (SSSR count). The lowest BCUT2D eigenvalue weighted by molar-refractivity contribution is -0.113. The standard InChI is InChI=1S/C30H30ClN5O2S/c1-18-8-13-25(19(2)16-18)35-28(37)26-20(3)32-30-36(14-5-15-39-30)27(26)21-9-11-23(12-10-21)33-29(38)34-24-7-4-6-22(31)17-24/h4,6-13,16-17,27H,5,14-15H2,1-3H3,(H,35,37)(H2,33,34,38). The predicted molar refractivity (Wildman–Crippen MR) is 162 cm³/mol. The number of thioether (sulfide) groups is 1. The molecule has 0 aliphatic carbocycles. The normalized spacial score (nSPS) is 16.8. The molecular formula is C30H30ClN5O2S. The molecule has 1 saturated heterocycles. The largest absolute Gasteiger partial charge is 0.340 e. The molecule has 0 radical (unpaired) electrons. The number of fused-ring (bicyclic) bond motifs is 1. The van der Waals surface area contributed by atoms with E-state index in [9.17, 15) is 9.59 Å². The maximum absolute atomic E-state index is 13.7. The van der Waals surface area contributed by atoms with Gasteiger partial charge in [-0.3, -0.25) is 4.79 Å². The fourth-order valence-corrected chi connectivity index (χ4v) is 6.07. The first kappa shape index (κ1) is 26.8. The predicted octanol–water partition coefficient (Wildman–Crippen LogP) is 7.36. The molecule has 3 aromatic carbocycles. The van der Waals surface area contributed by atoms with Gasteiger partial charge in [0.2, 0.25) is 0 Å². The topological polar surface area (TPSA) is 85.8 Å². The molecule has 2 aliphatic heterocycles. The van der Waals surface area contributed by atoms with Crippen LogP contribution in [0.1, 0.15) is 36.1 Å². The summed E-state index contributed by atoms with van der Waals surface area (Å²) >= 11 is 7.73. The van der Waals surface area contributed by atoms with E-state index >= 15 is 0 Å². The molecule has 0 spiro atoms. The van der Waals surface area contributed by atoms with Crippen molar-refractivity contribution in [1.29, 1.82) is 0 Å². The Morgan fingerprint density at radius 1 is 0.949 bits per heavy atom. The molecule has 2 heterocycles. The van der Waals surface area contributed by atoms with Crippen LogP contribution in [0, 0.1) is 13.8 Å². The average Bonchev–Trinajstić information content (AvgIpc) is 2.90. The van der Waals surface area contributed by atoms with Gasteiger partial charge in [-0.05, 0) is 74.7 Å². The van der Waals surface area contributed by atoms with Crippen LogP contribution in [0.5, 0.6) is 0 Å². The van der Waals surface area contributed by atoms with Crippen molar-refractivity contribution < 1.29 is 9.59 Å². The minimum absolute atomic E-state index is 0.161. The van der Waals surface area contributed by atoms with Crippen LogP contribution in [0.4, 0.5) is 21.9 Å². The lowest BCUT2D eigenvalue weighted by Gasteiger charge is -2.41. The van der Waals surface area contributed by atoms with E-state index < -0.39 is 0 Å². The Kier molecular flexibility index (Phi) is 7.95.